The van der Waals surface area contributed by atoms with Crippen molar-refractivity contribution in [1.29, 1.82) is 0 Å². The van der Waals surface area contributed by atoms with Crippen LogP contribution in [0.15, 0.2) is 0 Å². The zero-order valence-electron chi connectivity index (χ0n) is 9.61. The average molecular weight is 217 g/mol. The minimum absolute atomic E-state index is 0.0875. The number of rotatable bonds is 4. The van der Waals surface area contributed by atoms with Crippen LogP contribution in [0.4, 0.5) is 0 Å². The monoisotopic (exact) mass is 217 g/mol. The fourth-order valence-electron chi connectivity index (χ4n) is 0.980. The third-order valence-corrected chi connectivity index (χ3v) is 1.73. The number of nitrogens with two attached hydrogens (primary N) is 1. The van der Waals surface area contributed by atoms with Crippen molar-refractivity contribution in [3.8, 4) is 0 Å². The molecule has 0 saturated heterocycles. The summed E-state index contributed by atoms with van der Waals surface area (Å²) in [6, 6.07) is -1.02. The predicted octanol–water partition coefficient (Wildman–Crippen LogP) is 0.766. The molecule has 0 amide bonds. The third kappa shape index (κ3) is 6.06. The molecule has 2 atom stereocenters. The molecule has 0 aliphatic carbocycles. The molecule has 0 spiro atoms. The van der Waals surface area contributed by atoms with Gasteiger partial charge in [-0.2, -0.15) is 0 Å². The molecule has 0 saturated carbocycles. The molecule has 0 fully saturated rings. The van der Waals surface area contributed by atoms with E-state index in [0.29, 0.717) is 0 Å². The fraction of sp³-hybridized carbons (Fsp3) is 0.800. The van der Waals surface area contributed by atoms with Crippen LogP contribution in [0.2, 0.25) is 0 Å². The van der Waals surface area contributed by atoms with Gasteiger partial charge >= 0.3 is 11.9 Å². The first-order valence-electron chi connectivity index (χ1n) is 4.84. The zero-order chi connectivity index (χ0) is 12.2. The summed E-state index contributed by atoms with van der Waals surface area (Å²) >= 11 is 0. The Bertz CT molecular complexity index is 244. The van der Waals surface area contributed by atoms with Gasteiger partial charge in [-0.3, -0.25) is 9.59 Å². The molecule has 0 radical (unpaired) electrons. The summed E-state index contributed by atoms with van der Waals surface area (Å²) < 4.78 is 5.09. The topological polar surface area (TPSA) is 89.6 Å². The summed E-state index contributed by atoms with van der Waals surface area (Å²) in [5.41, 5.74) is 4.75. The van der Waals surface area contributed by atoms with E-state index in [2.05, 4.69) is 0 Å². The first-order chi connectivity index (χ1) is 6.63. The first kappa shape index (κ1) is 13.9. The van der Waals surface area contributed by atoms with E-state index in [1.807, 2.05) is 0 Å². The van der Waals surface area contributed by atoms with Crippen molar-refractivity contribution in [2.24, 2.45) is 11.7 Å². The van der Waals surface area contributed by atoms with Crippen molar-refractivity contribution in [3.05, 3.63) is 0 Å². The van der Waals surface area contributed by atoms with Crippen molar-refractivity contribution in [2.45, 2.75) is 45.8 Å². The van der Waals surface area contributed by atoms with Gasteiger partial charge in [0.25, 0.3) is 0 Å². The van der Waals surface area contributed by atoms with Gasteiger partial charge in [0.15, 0.2) is 0 Å². The van der Waals surface area contributed by atoms with Crippen molar-refractivity contribution < 1.29 is 19.4 Å². The number of carboxylic acids is 1. The average Bonchev–Trinajstić information content (AvgIpc) is 2.00. The highest BCUT2D eigenvalue weighted by molar-refractivity contribution is 5.76. The van der Waals surface area contributed by atoms with E-state index in [0.717, 1.165) is 0 Å². The Labute approximate surface area is 89.6 Å². The number of aliphatic carboxylic acids is 1. The maximum atomic E-state index is 11.4. The summed E-state index contributed by atoms with van der Waals surface area (Å²) in [4.78, 5) is 21.9. The molecule has 3 N–H and O–H groups in total. The van der Waals surface area contributed by atoms with Crippen LogP contribution < -0.4 is 5.73 Å². The van der Waals surface area contributed by atoms with Crippen molar-refractivity contribution in [2.75, 3.05) is 0 Å². The molecule has 0 aromatic rings. The van der Waals surface area contributed by atoms with Crippen LogP contribution in [0.3, 0.4) is 0 Å². The number of hydrogen-bond donors (Lipinski definition) is 2. The molecule has 0 aliphatic rings. The molecular weight excluding hydrogens is 198 g/mol. The van der Waals surface area contributed by atoms with Crippen molar-refractivity contribution in [3.63, 3.8) is 0 Å². The minimum Gasteiger partial charge on any atom is -0.480 e. The third-order valence-electron chi connectivity index (χ3n) is 1.73. The lowest BCUT2D eigenvalue weighted by molar-refractivity contribution is -0.159. The Kier molecular flexibility index (Phi) is 4.74. The van der Waals surface area contributed by atoms with Crippen LogP contribution in [-0.4, -0.2) is 28.7 Å². The first-order valence-corrected chi connectivity index (χ1v) is 4.84. The fourth-order valence-corrected chi connectivity index (χ4v) is 0.980. The van der Waals surface area contributed by atoms with E-state index < -0.39 is 29.5 Å². The Morgan fingerprint density at radius 2 is 1.87 bits per heavy atom. The van der Waals surface area contributed by atoms with Crippen LogP contribution in [0, 0.1) is 5.92 Å². The van der Waals surface area contributed by atoms with Gasteiger partial charge in [-0.25, -0.2) is 0 Å². The smallest absolute Gasteiger partial charge is 0.320 e. The standard InChI is InChI=1S/C10H19NO4/c1-6(5-7(11)8(12)13)9(14)15-10(2,3)4/h6-7H,5,11H2,1-4H3,(H,12,13)/t6?,7-/m0/s1. The quantitative estimate of drug-likeness (QED) is 0.679. The van der Waals surface area contributed by atoms with Crippen molar-refractivity contribution in [1.82, 2.24) is 0 Å². The Morgan fingerprint density at radius 1 is 1.40 bits per heavy atom. The summed E-state index contributed by atoms with van der Waals surface area (Å²) in [7, 11) is 0. The number of hydrogen-bond acceptors (Lipinski definition) is 4. The van der Waals surface area contributed by atoms with Crippen LogP contribution in [0.1, 0.15) is 34.1 Å². The van der Waals surface area contributed by atoms with Gasteiger partial charge in [0.2, 0.25) is 0 Å². The number of carbonyl (C=O) groups is 2. The van der Waals surface area contributed by atoms with E-state index in [1.165, 1.54) is 0 Å². The maximum Gasteiger partial charge on any atom is 0.320 e. The zero-order valence-corrected chi connectivity index (χ0v) is 9.61. The highest BCUT2D eigenvalue weighted by Gasteiger charge is 2.25. The molecule has 0 heterocycles. The van der Waals surface area contributed by atoms with E-state index in [4.69, 9.17) is 15.6 Å². The van der Waals surface area contributed by atoms with Gasteiger partial charge < -0.3 is 15.6 Å². The Balaban J connectivity index is 4.17. The summed E-state index contributed by atoms with van der Waals surface area (Å²) in [6.07, 6.45) is 0.0875. The molecule has 0 aromatic carbocycles. The van der Waals surface area contributed by atoms with E-state index >= 15 is 0 Å². The highest BCUT2D eigenvalue weighted by atomic mass is 16.6. The lowest BCUT2D eigenvalue weighted by atomic mass is 10.0. The normalized spacial score (nSPS) is 15.5. The van der Waals surface area contributed by atoms with Gasteiger partial charge in [0.05, 0.1) is 5.92 Å². The van der Waals surface area contributed by atoms with Crippen LogP contribution >= 0.6 is 0 Å². The molecule has 0 rings (SSSR count). The summed E-state index contributed by atoms with van der Waals surface area (Å²) in [6.45, 7) is 6.88. The van der Waals surface area contributed by atoms with Gasteiger partial charge in [-0.05, 0) is 27.2 Å². The number of ether oxygens (including phenoxy) is 1. The van der Waals surface area contributed by atoms with E-state index in [-0.39, 0.29) is 6.42 Å². The van der Waals surface area contributed by atoms with E-state index in [1.54, 1.807) is 27.7 Å². The molecule has 88 valence electrons. The Morgan fingerprint density at radius 3 is 2.20 bits per heavy atom. The van der Waals surface area contributed by atoms with Gasteiger partial charge in [-0.15, -0.1) is 0 Å². The van der Waals surface area contributed by atoms with Gasteiger partial charge in [-0.1, -0.05) is 6.92 Å². The second-order valence-electron chi connectivity index (χ2n) is 4.61. The second kappa shape index (κ2) is 5.11. The van der Waals surface area contributed by atoms with E-state index in [9.17, 15) is 9.59 Å². The number of carboxylic acid groups (broad SMARTS) is 1. The molecule has 0 bridgehead atoms. The molecule has 1 unspecified atom stereocenters. The minimum atomic E-state index is -1.11. The molecule has 15 heavy (non-hydrogen) atoms. The Hall–Kier alpha value is -1.10. The summed E-state index contributed by atoms with van der Waals surface area (Å²) in [5, 5.41) is 8.57. The highest BCUT2D eigenvalue weighted by Crippen LogP contribution is 2.14. The SMILES string of the molecule is CC(C[C@H](N)C(=O)O)C(=O)OC(C)(C)C. The van der Waals surface area contributed by atoms with Gasteiger partial charge in [0.1, 0.15) is 11.6 Å². The molecular formula is C10H19NO4. The molecule has 5 nitrogen and oxygen atoms in total. The van der Waals surface area contributed by atoms with Gasteiger partial charge in [0, 0.05) is 0 Å². The molecule has 0 aliphatic heterocycles. The summed E-state index contributed by atoms with van der Waals surface area (Å²) in [5.74, 6) is -2.03. The van der Waals surface area contributed by atoms with Crippen LogP contribution in [0.25, 0.3) is 0 Å². The maximum absolute atomic E-state index is 11.4. The van der Waals surface area contributed by atoms with Crippen molar-refractivity contribution >= 4 is 11.9 Å². The molecule has 0 aromatic heterocycles. The molecule has 5 heteroatoms. The lowest BCUT2D eigenvalue weighted by Gasteiger charge is -2.22. The lowest BCUT2D eigenvalue weighted by Crippen LogP contribution is -2.35. The van der Waals surface area contributed by atoms with Crippen LogP contribution in [-0.2, 0) is 14.3 Å². The number of esters is 1. The largest absolute Gasteiger partial charge is 0.480 e. The second-order valence-corrected chi connectivity index (χ2v) is 4.61. The number of carbonyl (C=O) groups excluding carboxylic acids is 1. The van der Waals surface area contributed by atoms with Crippen LogP contribution in [0.5, 0.6) is 0 Å². The predicted molar refractivity (Wildman–Crippen MR) is 55.2 cm³/mol.